The highest BCUT2D eigenvalue weighted by molar-refractivity contribution is 5.94. The number of alkyl halides is 8. The van der Waals surface area contributed by atoms with E-state index < -0.39 is 40.9 Å². The van der Waals surface area contributed by atoms with E-state index in [1.165, 1.54) is 0 Å². The fourth-order valence-corrected chi connectivity index (χ4v) is 4.74. The van der Waals surface area contributed by atoms with Gasteiger partial charge in [0.05, 0.1) is 17.7 Å². The average Bonchev–Trinajstić information content (AvgIpc) is 2.81. The van der Waals surface area contributed by atoms with Crippen LogP contribution in [0.2, 0.25) is 0 Å². The van der Waals surface area contributed by atoms with Crippen molar-refractivity contribution in [3.05, 3.63) is 46.7 Å². The quantitative estimate of drug-likeness (QED) is 0.418. The number of carbonyl (C=O) groups excluding carboxylic acids is 1. The number of allylic oxidation sites excluding steroid dienone is 1. The van der Waals surface area contributed by atoms with Crippen molar-refractivity contribution in [2.45, 2.75) is 57.3 Å². The second-order valence-electron chi connectivity index (χ2n) is 9.71. The topological polar surface area (TPSA) is 35.6 Å². The third-order valence-corrected chi connectivity index (χ3v) is 6.73. The molecule has 0 aliphatic carbocycles. The fourth-order valence-electron chi connectivity index (χ4n) is 4.74. The molecule has 12 heteroatoms. The summed E-state index contributed by atoms with van der Waals surface area (Å²) in [4.78, 5) is 16.3. The van der Waals surface area contributed by atoms with Crippen LogP contribution >= 0.6 is 0 Å². The number of amides is 1. The second kappa shape index (κ2) is 11.6. The van der Waals surface area contributed by atoms with Crippen LogP contribution in [-0.2, 0) is 12.4 Å². The number of nitrogens with one attached hydrogen (secondary N) is 1. The number of piperidine rings is 2. The van der Waals surface area contributed by atoms with Crippen molar-refractivity contribution in [1.82, 2.24) is 15.1 Å². The zero-order chi connectivity index (χ0) is 27.4. The number of hydrogen-bond acceptors (Lipinski definition) is 3. The van der Waals surface area contributed by atoms with Gasteiger partial charge in [0.25, 0.3) is 11.8 Å². The summed E-state index contributed by atoms with van der Waals surface area (Å²) < 4.78 is 106. The van der Waals surface area contributed by atoms with Crippen LogP contribution in [0.3, 0.4) is 0 Å². The van der Waals surface area contributed by atoms with Gasteiger partial charge in [0.15, 0.2) is 0 Å². The Balaban J connectivity index is 1.55. The number of halogens is 8. The predicted molar refractivity (Wildman–Crippen MR) is 122 cm³/mol. The van der Waals surface area contributed by atoms with E-state index in [1.54, 1.807) is 4.90 Å². The number of carbonyl (C=O) groups is 1. The third-order valence-electron chi connectivity index (χ3n) is 6.73. The summed E-state index contributed by atoms with van der Waals surface area (Å²) in [5, 5.41) is 2.47. The zero-order valence-electron chi connectivity index (χ0n) is 20.5. The summed E-state index contributed by atoms with van der Waals surface area (Å²) in [5.74, 6) is -3.72. The molecule has 0 bridgehead atoms. The highest BCUT2D eigenvalue weighted by atomic mass is 19.4. The van der Waals surface area contributed by atoms with E-state index in [0.717, 1.165) is 5.70 Å². The molecular formula is C25H31F8N3O. The van der Waals surface area contributed by atoms with Crippen molar-refractivity contribution in [2.75, 3.05) is 39.3 Å². The van der Waals surface area contributed by atoms with Gasteiger partial charge in [-0.3, -0.25) is 9.69 Å². The van der Waals surface area contributed by atoms with Gasteiger partial charge < -0.3 is 10.2 Å². The van der Waals surface area contributed by atoms with Gasteiger partial charge in [-0.2, -0.15) is 26.3 Å². The number of hydrogen-bond donors (Lipinski definition) is 1. The van der Waals surface area contributed by atoms with Crippen LogP contribution < -0.4 is 5.32 Å². The van der Waals surface area contributed by atoms with Crippen molar-refractivity contribution in [1.29, 1.82) is 0 Å². The molecule has 2 aliphatic rings. The molecule has 0 atom stereocenters. The Morgan fingerprint density at radius 2 is 1.62 bits per heavy atom. The molecular weight excluding hydrogens is 510 g/mol. The van der Waals surface area contributed by atoms with Crippen molar-refractivity contribution < 1.29 is 39.9 Å². The number of likely N-dealkylation sites (tertiary alicyclic amines) is 2. The molecule has 1 aromatic carbocycles. The molecule has 2 fully saturated rings. The van der Waals surface area contributed by atoms with Crippen molar-refractivity contribution in [3.63, 3.8) is 0 Å². The molecule has 2 saturated heterocycles. The summed E-state index contributed by atoms with van der Waals surface area (Å²) in [7, 11) is 0. The average molecular weight is 542 g/mol. The molecule has 2 aliphatic heterocycles. The van der Waals surface area contributed by atoms with Crippen molar-refractivity contribution in [2.24, 2.45) is 5.92 Å². The largest absolute Gasteiger partial charge is 0.416 e. The van der Waals surface area contributed by atoms with Gasteiger partial charge in [-0.1, -0.05) is 13.0 Å². The van der Waals surface area contributed by atoms with E-state index in [2.05, 4.69) is 10.2 Å². The molecule has 37 heavy (non-hydrogen) atoms. The lowest BCUT2D eigenvalue weighted by Crippen LogP contribution is -2.46. The first kappa shape index (κ1) is 29.2. The predicted octanol–water partition coefficient (Wildman–Crippen LogP) is 6.19. The van der Waals surface area contributed by atoms with E-state index in [9.17, 15) is 39.9 Å². The first-order valence-corrected chi connectivity index (χ1v) is 12.3. The molecule has 4 nitrogen and oxygen atoms in total. The SMILES string of the molecule is CC/C=C(/CN1CCC(CNC(=O)c2cc(C(F)(F)F)cc(C(F)(F)F)c2)CC1)N1CCCC(F)(F)C1. The van der Waals surface area contributed by atoms with Crippen molar-refractivity contribution in [3.8, 4) is 0 Å². The first-order valence-electron chi connectivity index (χ1n) is 12.3. The van der Waals surface area contributed by atoms with Crippen LogP contribution in [0.15, 0.2) is 30.0 Å². The summed E-state index contributed by atoms with van der Waals surface area (Å²) in [6, 6.07) is 0.816. The molecule has 0 aromatic heterocycles. The number of benzene rings is 1. The highest BCUT2D eigenvalue weighted by Crippen LogP contribution is 2.36. The van der Waals surface area contributed by atoms with Gasteiger partial charge in [-0.25, -0.2) is 8.78 Å². The highest BCUT2D eigenvalue weighted by Gasteiger charge is 2.38. The number of rotatable bonds is 7. The molecule has 1 amide bonds. The Bertz CT molecular complexity index is 933. The third kappa shape index (κ3) is 8.31. The van der Waals surface area contributed by atoms with Gasteiger partial charge >= 0.3 is 12.4 Å². The molecule has 208 valence electrons. The van der Waals surface area contributed by atoms with E-state index in [0.29, 0.717) is 64.0 Å². The van der Waals surface area contributed by atoms with Crippen LogP contribution in [0.1, 0.15) is 60.5 Å². The minimum atomic E-state index is -5.03. The van der Waals surface area contributed by atoms with Crippen LogP contribution in [0.4, 0.5) is 35.1 Å². The van der Waals surface area contributed by atoms with Crippen molar-refractivity contribution >= 4 is 5.91 Å². The monoisotopic (exact) mass is 541 g/mol. The fraction of sp³-hybridized carbons (Fsp3) is 0.640. The Morgan fingerprint density at radius 3 is 2.14 bits per heavy atom. The maximum Gasteiger partial charge on any atom is 0.416 e. The molecule has 0 radical (unpaired) electrons. The minimum absolute atomic E-state index is 0.00832. The maximum absolute atomic E-state index is 13.9. The van der Waals surface area contributed by atoms with Gasteiger partial charge in [-0.15, -0.1) is 0 Å². The van der Waals surface area contributed by atoms with Gasteiger partial charge in [0.2, 0.25) is 0 Å². The van der Waals surface area contributed by atoms with Crippen LogP contribution in [0.5, 0.6) is 0 Å². The standard InChI is InChI=1S/C25H31F8N3O/c1-2-4-21(36-8-3-7-23(26,27)16-36)15-35-9-5-17(6-10-35)14-34-22(37)18-11-19(24(28,29)30)13-20(12-18)25(31,32)33/h4,11-13,17H,2-3,5-10,14-16H2,1H3,(H,34,37)/b21-4-. The Kier molecular flexibility index (Phi) is 9.13. The van der Waals surface area contributed by atoms with Crippen LogP contribution in [0.25, 0.3) is 0 Å². The van der Waals surface area contributed by atoms with Crippen LogP contribution in [0, 0.1) is 5.92 Å². The number of nitrogens with zero attached hydrogens (tertiary/aromatic N) is 2. The summed E-state index contributed by atoms with van der Waals surface area (Å²) in [5.41, 5.74) is -2.92. The van der Waals surface area contributed by atoms with E-state index in [1.807, 2.05) is 13.0 Å². The zero-order valence-corrected chi connectivity index (χ0v) is 20.5. The molecule has 0 unspecified atom stereocenters. The normalized spacial score (nSPS) is 20.2. The van der Waals surface area contributed by atoms with Crippen LogP contribution in [-0.4, -0.2) is 60.9 Å². The smallest absolute Gasteiger partial charge is 0.368 e. The molecule has 3 rings (SSSR count). The molecule has 1 aromatic rings. The van der Waals surface area contributed by atoms with E-state index in [-0.39, 0.29) is 31.5 Å². The molecule has 0 saturated carbocycles. The summed E-state index contributed by atoms with van der Waals surface area (Å²) >= 11 is 0. The lowest BCUT2D eigenvalue weighted by molar-refractivity contribution is -0.143. The lowest BCUT2D eigenvalue weighted by atomic mass is 9.96. The van der Waals surface area contributed by atoms with E-state index >= 15 is 0 Å². The summed E-state index contributed by atoms with van der Waals surface area (Å²) in [6.07, 6.45) is -5.79. The Morgan fingerprint density at radius 1 is 1.03 bits per heavy atom. The van der Waals surface area contributed by atoms with Gasteiger partial charge in [0.1, 0.15) is 0 Å². The minimum Gasteiger partial charge on any atom is -0.368 e. The molecule has 0 spiro atoms. The second-order valence-corrected chi connectivity index (χ2v) is 9.71. The molecule has 2 heterocycles. The Labute approximate surface area is 210 Å². The lowest BCUT2D eigenvalue weighted by Gasteiger charge is -2.39. The Hall–Kier alpha value is -2.37. The van der Waals surface area contributed by atoms with Gasteiger partial charge in [-0.05, 0) is 62.9 Å². The van der Waals surface area contributed by atoms with Gasteiger partial charge in [0, 0.05) is 37.3 Å². The maximum atomic E-state index is 13.9. The molecule has 1 N–H and O–H groups in total. The van der Waals surface area contributed by atoms with E-state index in [4.69, 9.17) is 0 Å². The first-order chi connectivity index (χ1) is 17.2. The summed E-state index contributed by atoms with van der Waals surface area (Å²) in [6.45, 7) is 4.12.